The van der Waals surface area contributed by atoms with Crippen molar-refractivity contribution in [2.24, 2.45) is 0 Å². The van der Waals surface area contributed by atoms with Crippen molar-refractivity contribution in [1.82, 2.24) is 24.8 Å². The van der Waals surface area contributed by atoms with Crippen LogP contribution in [-0.4, -0.2) is 43.8 Å². The van der Waals surface area contributed by atoms with E-state index in [1.807, 2.05) is 4.57 Å². The summed E-state index contributed by atoms with van der Waals surface area (Å²) >= 11 is 0. The zero-order valence-corrected chi connectivity index (χ0v) is 8.54. The molecule has 0 aromatic carbocycles. The van der Waals surface area contributed by atoms with E-state index < -0.39 is 6.10 Å². The van der Waals surface area contributed by atoms with Crippen LogP contribution in [0.25, 0.3) is 11.2 Å². The molecule has 0 saturated carbocycles. The lowest BCUT2D eigenvalue weighted by Crippen LogP contribution is -2.21. The molecule has 0 radical (unpaired) electrons. The Labute approximate surface area is 91.3 Å². The Balaban J connectivity index is 2.14. The van der Waals surface area contributed by atoms with Crippen LogP contribution in [-0.2, 0) is 0 Å². The van der Waals surface area contributed by atoms with Crippen molar-refractivity contribution in [3.8, 4) is 0 Å². The molecule has 84 valence electrons. The zero-order valence-electron chi connectivity index (χ0n) is 8.54. The van der Waals surface area contributed by atoms with Gasteiger partial charge >= 0.3 is 0 Å². The number of hydrogen-bond donors (Lipinski definition) is 3. The Morgan fingerprint density at radius 3 is 3.00 bits per heavy atom. The molecule has 1 saturated heterocycles. The highest BCUT2D eigenvalue weighted by atomic mass is 16.3. The number of nitrogens with one attached hydrogen (secondary N) is 1. The fraction of sp³-hybridized carbons (Fsp3) is 0.444. The van der Waals surface area contributed by atoms with Gasteiger partial charge in [0.15, 0.2) is 11.5 Å². The summed E-state index contributed by atoms with van der Waals surface area (Å²) in [6, 6.07) is -0.0423. The maximum absolute atomic E-state index is 9.80. The Hall–Kier alpha value is -1.73. The van der Waals surface area contributed by atoms with Crippen LogP contribution in [0.4, 0.5) is 5.82 Å². The van der Waals surface area contributed by atoms with E-state index in [-0.39, 0.29) is 6.04 Å². The number of aliphatic hydroxyl groups is 1. The number of imidazole rings is 1. The second-order valence-corrected chi connectivity index (χ2v) is 3.88. The second kappa shape index (κ2) is 3.39. The number of aromatic nitrogens is 4. The first-order valence-electron chi connectivity index (χ1n) is 5.09. The number of anilines is 1. The number of aliphatic hydroxyl groups excluding tert-OH is 1. The van der Waals surface area contributed by atoms with Gasteiger partial charge in [-0.1, -0.05) is 0 Å². The Bertz CT molecular complexity index is 524. The topological polar surface area (TPSA) is 102 Å². The van der Waals surface area contributed by atoms with Crippen LogP contribution in [0.1, 0.15) is 6.04 Å². The summed E-state index contributed by atoms with van der Waals surface area (Å²) in [5.74, 6) is 0.365. The summed E-state index contributed by atoms with van der Waals surface area (Å²) in [6.07, 6.45) is 2.63. The molecule has 16 heavy (non-hydrogen) atoms. The first kappa shape index (κ1) is 9.49. The minimum Gasteiger partial charge on any atom is -0.390 e. The molecular formula is C9H12N6O. The van der Waals surface area contributed by atoms with Gasteiger partial charge in [0.1, 0.15) is 11.8 Å². The third-order valence-electron chi connectivity index (χ3n) is 2.90. The molecule has 0 unspecified atom stereocenters. The molecule has 1 aliphatic heterocycles. The molecule has 0 bridgehead atoms. The first-order valence-corrected chi connectivity index (χ1v) is 5.09. The molecule has 2 atom stereocenters. The lowest BCUT2D eigenvalue weighted by atomic mass is 10.2. The van der Waals surface area contributed by atoms with Gasteiger partial charge in [0.05, 0.1) is 18.5 Å². The summed E-state index contributed by atoms with van der Waals surface area (Å²) in [7, 11) is 0. The average Bonchev–Trinajstić information content (AvgIpc) is 2.84. The first-order chi connectivity index (χ1) is 7.77. The van der Waals surface area contributed by atoms with E-state index >= 15 is 0 Å². The Morgan fingerprint density at radius 1 is 1.38 bits per heavy atom. The van der Waals surface area contributed by atoms with Gasteiger partial charge in [0.25, 0.3) is 0 Å². The fourth-order valence-electron chi connectivity index (χ4n) is 2.05. The smallest absolute Gasteiger partial charge is 0.165 e. The van der Waals surface area contributed by atoms with E-state index in [0.29, 0.717) is 30.1 Å². The summed E-state index contributed by atoms with van der Waals surface area (Å²) in [4.78, 5) is 12.2. The summed E-state index contributed by atoms with van der Waals surface area (Å²) in [5, 5.41) is 12.9. The number of β-amino-alcohol motifs (C(OH)–C–C–N with tert-alkyl or cyclic N) is 1. The zero-order chi connectivity index (χ0) is 11.1. The SMILES string of the molecule is Nc1ncnc2c1ncn2[C@@H]1CNC[C@@H]1O. The van der Waals surface area contributed by atoms with Gasteiger partial charge in [-0.25, -0.2) is 15.0 Å². The predicted octanol–water partition coefficient (Wildman–Crippen LogP) is -1.09. The van der Waals surface area contributed by atoms with Crippen LogP contribution >= 0.6 is 0 Å². The van der Waals surface area contributed by atoms with E-state index in [2.05, 4.69) is 20.3 Å². The van der Waals surface area contributed by atoms with Crippen molar-refractivity contribution in [1.29, 1.82) is 0 Å². The van der Waals surface area contributed by atoms with Gasteiger partial charge in [-0.3, -0.25) is 0 Å². The van der Waals surface area contributed by atoms with E-state index in [4.69, 9.17) is 5.73 Å². The van der Waals surface area contributed by atoms with Crippen molar-refractivity contribution < 1.29 is 5.11 Å². The number of nitrogens with two attached hydrogens (primary N) is 1. The molecular weight excluding hydrogens is 208 g/mol. The lowest BCUT2D eigenvalue weighted by molar-refractivity contribution is 0.152. The average molecular weight is 220 g/mol. The Kier molecular flexibility index (Phi) is 2.01. The standard InChI is InChI=1S/C9H12N6O/c10-8-7-9(13-3-12-8)15(4-14-7)5-1-11-2-6(5)16/h3-6,11,16H,1-2H2,(H2,10,12,13)/t5-,6+/m1/s1. The molecule has 2 aromatic heterocycles. The number of nitrogen functional groups attached to an aromatic ring is 1. The minimum atomic E-state index is -0.423. The number of hydrogen-bond acceptors (Lipinski definition) is 6. The molecule has 0 spiro atoms. The molecule has 1 fully saturated rings. The highest BCUT2D eigenvalue weighted by Crippen LogP contribution is 2.22. The van der Waals surface area contributed by atoms with Gasteiger partial charge in [-0.2, -0.15) is 0 Å². The maximum atomic E-state index is 9.80. The molecule has 4 N–H and O–H groups in total. The van der Waals surface area contributed by atoms with E-state index in [0.717, 1.165) is 0 Å². The minimum absolute atomic E-state index is 0.0423. The van der Waals surface area contributed by atoms with Crippen molar-refractivity contribution in [2.75, 3.05) is 18.8 Å². The monoisotopic (exact) mass is 220 g/mol. The summed E-state index contributed by atoms with van der Waals surface area (Å²) in [5.41, 5.74) is 6.95. The maximum Gasteiger partial charge on any atom is 0.165 e. The van der Waals surface area contributed by atoms with Crippen LogP contribution in [0.5, 0.6) is 0 Å². The van der Waals surface area contributed by atoms with Gasteiger partial charge in [0.2, 0.25) is 0 Å². The molecule has 7 nitrogen and oxygen atoms in total. The molecule has 2 aromatic rings. The normalized spacial score (nSPS) is 25.3. The highest BCUT2D eigenvalue weighted by Gasteiger charge is 2.28. The fourth-order valence-corrected chi connectivity index (χ4v) is 2.05. The highest BCUT2D eigenvalue weighted by molar-refractivity contribution is 5.81. The van der Waals surface area contributed by atoms with Crippen LogP contribution in [0, 0.1) is 0 Å². The molecule has 3 rings (SSSR count). The molecule has 0 amide bonds. The number of nitrogens with zero attached hydrogens (tertiary/aromatic N) is 4. The van der Waals surface area contributed by atoms with Gasteiger partial charge in [-0.15, -0.1) is 0 Å². The van der Waals surface area contributed by atoms with E-state index in [1.165, 1.54) is 6.33 Å². The third kappa shape index (κ3) is 1.25. The quantitative estimate of drug-likeness (QED) is 0.564. The third-order valence-corrected chi connectivity index (χ3v) is 2.90. The lowest BCUT2D eigenvalue weighted by Gasteiger charge is -2.15. The Morgan fingerprint density at radius 2 is 2.25 bits per heavy atom. The molecule has 1 aliphatic rings. The summed E-state index contributed by atoms with van der Waals surface area (Å²) < 4.78 is 1.85. The van der Waals surface area contributed by atoms with Crippen molar-refractivity contribution in [2.45, 2.75) is 12.1 Å². The van der Waals surface area contributed by atoms with Crippen LogP contribution in [0.3, 0.4) is 0 Å². The van der Waals surface area contributed by atoms with E-state index in [9.17, 15) is 5.11 Å². The van der Waals surface area contributed by atoms with Crippen molar-refractivity contribution in [3.05, 3.63) is 12.7 Å². The predicted molar refractivity (Wildman–Crippen MR) is 57.6 cm³/mol. The van der Waals surface area contributed by atoms with Crippen LogP contribution in [0.2, 0.25) is 0 Å². The van der Waals surface area contributed by atoms with Gasteiger partial charge in [-0.05, 0) is 0 Å². The second-order valence-electron chi connectivity index (χ2n) is 3.88. The molecule has 3 heterocycles. The number of fused-ring (bicyclic) bond motifs is 1. The van der Waals surface area contributed by atoms with Crippen molar-refractivity contribution in [3.63, 3.8) is 0 Å². The van der Waals surface area contributed by atoms with Gasteiger partial charge in [0, 0.05) is 13.1 Å². The number of rotatable bonds is 1. The molecule has 7 heteroatoms. The molecule has 0 aliphatic carbocycles. The van der Waals surface area contributed by atoms with Crippen LogP contribution < -0.4 is 11.1 Å². The van der Waals surface area contributed by atoms with Crippen LogP contribution in [0.15, 0.2) is 12.7 Å². The largest absolute Gasteiger partial charge is 0.390 e. The van der Waals surface area contributed by atoms with E-state index in [1.54, 1.807) is 6.33 Å². The summed E-state index contributed by atoms with van der Waals surface area (Å²) in [6.45, 7) is 1.29. The van der Waals surface area contributed by atoms with Gasteiger partial charge < -0.3 is 20.7 Å². The van der Waals surface area contributed by atoms with Crippen molar-refractivity contribution >= 4 is 17.0 Å².